The number of halogens is 2. The van der Waals surface area contributed by atoms with E-state index in [1.165, 1.54) is 11.3 Å². The molecule has 0 bridgehead atoms. The van der Waals surface area contributed by atoms with Gasteiger partial charge in [-0.3, -0.25) is 14.2 Å². The topological polar surface area (TPSA) is 81.9 Å². The van der Waals surface area contributed by atoms with E-state index in [0.29, 0.717) is 47.8 Å². The average molecular weight is 657 g/mol. The average Bonchev–Trinajstić information content (AvgIpc) is 3.34. The van der Waals surface area contributed by atoms with Crippen molar-refractivity contribution in [2.45, 2.75) is 19.6 Å². The number of thiazole rings is 1. The molecule has 7 nitrogen and oxygen atoms in total. The first-order valence-electron chi connectivity index (χ1n) is 14.0. The van der Waals surface area contributed by atoms with Crippen LogP contribution >= 0.6 is 34.5 Å². The lowest BCUT2D eigenvalue weighted by atomic mass is 9.95. The number of nitrogens with zero attached hydrogens (tertiary/aromatic N) is 2. The van der Waals surface area contributed by atoms with Crippen molar-refractivity contribution in [1.82, 2.24) is 4.57 Å². The third-order valence-electron chi connectivity index (χ3n) is 7.29. The van der Waals surface area contributed by atoms with E-state index < -0.39 is 6.04 Å². The monoisotopic (exact) mass is 655 g/mol. The molecule has 4 aromatic carbocycles. The van der Waals surface area contributed by atoms with Gasteiger partial charge in [-0.25, -0.2) is 4.99 Å². The van der Waals surface area contributed by atoms with Gasteiger partial charge in [0, 0.05) is 21.3 Å². The van der Waals surface area contributed by atoms with Crippen LogP contribution in [0.3, 0.4) is 0 Å². The SMILES string of the molecule is COc1cccc([C@H]2C(C(=O)Nc3ccccc3)=C(C)N=c3s/c(=C\c4ccc(OCc5ccc(Cl)cc5Cl)cc4)c(=O)n32)c1. The molecule has 0 aliphatic carbocycles. The summed E-state index contributed by atoms with van der Waals surface area (Å²) in [7, 11) is 1.58. The Morgan fingerprint density at radius 3 is 2.49 bits per heavy atom. The fourth-order valence-electron chi connectivity index (χ4n) is 5.07. The highest BCUT2D eigenvalue weighted by Crippen LogP contribution is 2.32. The first kappa shape index (κ1) is 30.4. The predicted octanol–water partition coefficient (Wildman–Crippen LogP) is 6.77. The van der Waals surface area contributed by atoms with Crippen molar-refractivity contribution in [1.29, 1.82) is 0 Å². The highest BCUT2D eigenvalue weighted by molar-refractivity contribution is 7.07. The largest absolute Gasteiger partial charge is 0.497 e. The zero-order chi connectivity index (χ0) is 31.5. The Morgan fingerprint density at radius 2 is 1.76 bits per heavy atom. The minimum atomic E-state index is -0.710. The van der Waals surface area contributed by atoms with Gasteiger partial charge in [0.05, 0.1) is 29.0 Å². The molecule has 1 amide bonds. The van der Waals surface area contributed by atoms with Crippen molar-refractivity contribution >= 4 is 52.2 Å². The van der Waals surface area contributed by atoms with Gasteiger partial charge < -0.3 is 14.8 Å². The summed E-state index contributed by atoms with van der Waals surface area (Å²) in [6.45, 7) is 2.08. The van der Waals surface area contributed by atoms with Crippen LogP contribution in [0.4, 0.5) is 5.69 Å². The molecule has 6 rings (SSSR count). The van der Waals surface area contributed by atoms with E-state index in [9.17, 15) is 9.59 Å². The number of hydrogen-bond donors (Lipinski definition) is 1. The number of para-hydroxylation sites is 1. The number of methoxy groups -OCH3 is 1. The number of nitrogens with one attached hydrogen (secondary N) is 1. The molecule has 1 aromatic heterocycles. The molecule has 0 unspecified atom stereocenters. The molecule has 0 spiro atoms. The number of carbonyl (C=O) groups excluding carboxylic acids is 1. The molecule has 0 radical (unpaired) electrons. The molecule has 1 aliphatic rings. The molecular weight excluding hydrogens is 629 g/mol. The molecule has 1 N–H and O–H groups in total. The summed E-state index contributed by atoms with van der Waals surface area (Å²) in [5, 5.41) is 4.07. The van der Waals surface area contributed by atoms with Crippen LogP contribution < -0.4 is 29.7 Å². The maximum atomic E-state index is 14.0. The molecule has 0 saturated heterocycles. The van der Waals surface area contributed by atoms with E-state index >= 15 is 0 Å². The van der Waals surface area contributed by atoms with Gasteiger partial charge in [0.2, 0.25) is 0 Å². The van der Waals surface area contributed by atoms with Crippen LogP contribution in [0.2, 0.25) is 10.0 Å². The number of rotatable bonds is 8. The Hall–Kier alpha value is -4.63. The Morgan fingerprint density at radius 1 is 0.978 bits per heavy atom. The van der Waals surface area contributed by atoms with Crippen molar-refractivity contribution in [2.24, 2.45) is 4.99 Å². The molecule has 1 aliphatic heterocycles. The summed E-state index contributed by atoms with van der Waals surface area (Å²) in [6.07, 6.45) is 1.81. The quantitative estimate of drug-likeness (QED) is 0.200. The van der Waals surface area contributed by atoms with Crippen molar-refractivity contribution in [3.63, 3.8) is 0 Å². The summed E-state index contributed by atoms with van der Waals surface area (Å²) in [4.78, 5) is 33.0. The Bertz CT molecular complexity index is 2110. The van der Waals surface area contributed by atoms with Gasteiger partial charge in [0.25, 0.3) is 11.5 Å². The number of fused-ring (bicyclic) bond motifs is 1. The highest BCUT2D eigenvalue weighted by atomic mass is 35.5. The first-order valence-corrected chi connectivity index (χ1v) is 15.6. The van der Waals surface area contributed by atoms with Gasteiger partial charge in [-0.05, 0) is 72.7 Å². The van der Waals surface area contributed by atoms with Crippen molar-refractivity contribution in [3.05, 3.63) is 155 Å². The Kier molecular flexibility index (Phi) is 8.89. The second kappa shape index (κ2) is 13.2. The standard InChI is InChI=1S/C35H27Cl2N3O4S/c1-21-31(33(41)39-26-8-4-3-5-9-26)32(23-7-6-10-28(18-23)43-2)40-34(42)30(45-35(40)38-21)17-22-11-15-27(16-12-22)44-20-24-13-14-25(36)19-29(24)37/h3-19,32H,20H2,1-2H3,(H,39,41)/b30-17-/t32-/m0/s1. The predicted molar refractivity (Wildman–Crippen MR) is 179 cm³/mol. The maximum Gasteiger partial charge on any atom is 0.271 e. The molecular formula is C35H27Cl2N3O4S. The van der Waals surface area contributed by atoms with Gasteiger partial charge in [-0.2, -0.15) is 0 Å². The van der Waals surface area contributed by atoms with E-state index in [-0.39, 0.29) is 18.1 Å². The third kappa shape index (κ3) is 6.59. The van der Waals surface area contributed by atoms with Crippen LogP contribution in [0.15, 0.2) is 118 Å². The lowest BCUT2D eigenvalue weighted by molar-refractivity contribution is -0.113. The van der Waals surface area contributed by atoms with Crippen LogP contribution in [-0.2, 0) is 11.4 Å². The number of aromatic nitrogens is 1. The summed E-state index contributed by atoms with van der Waals surface area (Å²) in [5.41, 5.74) is 3.68. The first-order chi connectivity index (χ1) is 21.8. The molecule has 2 heterocycles. The molecule has 45 heavy (non-hydrogen) atoms. The summed E-state index contributed by atoms with van der Waals surface area (Å²) in [6, 6.07) is 28.6. The second-order valence-corrected chi connectivity index (χ2v) is 12.1. The Labute approximate surface area is 273 Å². The van der Waals surface area contributed by atoms with Gasteiger partial charge >= 0.3 is 0 Å². The number of carbonyl (C=O) groups is 1. The van der Waals surface area contributed by atoms with E-state index in [1.54, 1.807) is 30.7 Å². The van der Waals surface area contributed by atoms with Gasteiger partial charge in [0.1, 0.15) is 18.1 Å². The van der Waals surface area contributed by atoms with E-state index in [1.807, 2.05) is 91.0 Å². The number of hydrogen-bond acceptors (Lipinski definition) is 6. The number of benzene rings is 4. The molecule has 1 atom stereocenters. The zero-order valence-electron chi connectivity index (χ0n) is 24.3. The van der Waals surface area contributed by atoms with Crippen LogP contribution in [0, 0.1) is 0 Å². The van der Waals surface area contributed by atoms with Gasteiger partial charge in [-0.1, -0.05) is 83.1 Å². The summed E-state index contributed by atoms with van der Waals surface area (Å²) in [5.74, 6) is 0.940. The lowest BCUT2D eigenvalue weighted by Gasteiger charge is -2.25. The van der Waals surface area contributed by atoms with Crippen LogP contribution in [-0.4, -0.2) is 17.6 Å². The fourth-order valence-corrected chi connectivity index (χ4v) is 6.58. The second-order valence-electron chi connectivity index (χ2n) is 10.3. The van der Waals surface area contributed by atoms with Gasteiger partial charge in [-0.15, -0.1) is 0 Å². The van der Waals surface area contributed by atoms with Gasteiger partial charge in [0.15, 0.2) is 4.80 Å². The van der Waals surface area contributed by atoms with Crippen LogP contribution in [0.5, 0.6) is 11.5 Å². The van der Waals surface area contributed by atoms with Crippen molar-refractivity contribution in [2.75, 3.05) is 12.4 Å². The molecule has 5 aromatic rings. The van der Waals surface area contributed by atoms with Crippen molar-refractivity contribution in [3.8, 4) is 11.5 Å². The number of anilines is 1. The van der Waals surface area contributed by atoms with E-state index in [2.05, 4.69) is 5.32 Å². The third-order valence-corrected chi connectivity index (χ3v) is 8.86. The maximum absolute atomic E-state index is 14.0. The smallest absolute Gasteiger partial charge is 0.271 e. The zero-order valence-corrected chi connectivity index (χ0v) is 26.6. The minimum absolute atomic E-state index is 0.248. The molecule has 0 fully saturated rings. The molecule has 0 saturated carbocycles. The van der Waals surface area contributed by atoms with Crippen LogP contribution in [0.25, 0.3) is 6.08 Å². The number of amides is 1. The van der Waals surface area contributed by atoms with Crippen LogP contribution in [0.1, 0.15) is 29.7 Å². The molecule has 226 valence electrons. The lowest BCUT2D eigenvalue weighted by Crippen LogP contribution is -2.40. The fraction of sp³-hybridized carbons (Fsp3) is 0.114. The van der Waals surface area contributed by atoms with Crippen molar-refractivity contribution < 1.29 is 14.3 Å². The normalized spacial score (nSPS) is 14.5. The molecule has 10 heteroatoms. The Balaban J connectivity index is 1.34. The summed E-state index contributed by atoms with van der Waals surface area (Å²) >= 11 is 13.5. The number of ether oxygens (including phenoxy) is 2. The van der Waals surface area contributed by atoms with E-state index in [4.69, 9.17) is 37.7 Å². The number of allylic oxidation sites excluding steroid dienone is 1. The summed E-state index contributed by atoms with van der Waals surface area (Å²) < 4.78 is 13.5. The highest BCUT2D eigenvalue weighted by Gasteiger charge is 2.32. The van der Waals surface area contributed by atoms with E-state index in [0.717, 1.165) is 16.7 Å². The minimum Gasteiger partial charge on any atom is -0.497 e.